The van der Waals surface area contributed by atoms with E-state index < -0.39 is 17.7 Å². The number of thiophene rings is 2. The molecule has 7 heteroatoms. The molecule has 1 atom stereocenters. The minimum Gasteiger partial charge on any atom is -0.503 e. The quantitative estimate of drug-likeness (QED) is 0.602. The Morgan fingerprint density at radius 3 is 2.61 bits per heavy atom. The summed E-state index contributed by atoms with van der Waals surface area (Å²) in [6.45, 7) is 0.254. The number of carbonyl (C=O) groups is 2. The highest BCUT2D eigenvalue weighted by atomic mass is 32.1. The van der Waals surface area contributed by atoms with Gasteiger partial charge in [-0.3, -0.25) is 9.59 Å². The molecule has 1 unspecified atom stereocenters. The highest BCUT2D eigenvalue weighted by molar-refractivity contribution is 7.12. The molecule has 28 heavy (non-hydrogen) atoms. The number of hydrogen-bond donors (Lipinski definition) is 1. The molecule has 3 heterocycles. The fraction of sp³-hybridized carbons (Fsp3) is 0.143. The lowest BCUT2D eigenvalue weighted by atomic mass is 10.0. The van der Waals surface area contributed by atoms with Gasteiger partial charge in [-0.15, -0.1) is 22.7 Å². The lowest BCUT2D eigenvalue weighted by Crippen LogP contribution is -2.30. The van der Waals surface area contributed by atoms with Gasteiger partial charge >= 0.3 is 0 Å². The number of Topliss-reactive ketones (excluding diaryl/α,β-unsaturated/α-hetero) is 1. The van der Waals surface area contributed by atoms with E-state index in [9.17, 15) is 14.7 Å². The molecule has 0 saturated heterocycles. The highest BCUT2D eigenvalue weighted by Gasteiger charge is 2.44. The normalized spacial score (nSPS) is 16.7. The largest absolute Gasteiger partial charge is 0.503 e. The standard InChI is InChI=1S/C21H17NO4S2/c1-26-14-6-2-5-13(11-14)12-22-18(15-7-3-9-27-15)17(20(24)21(22)25)19(23)16-8-4-10-28-16/h2-11,18,24H,12H2,1H3. The third-order valence-corrected chi connectivity index (χ3v) is 6.39. The van der Waals surface area contributed by atoms with Crippen LogP contribution in [0, 0.1) is 0 Å². The highest BCUT2D eigenvalue weighted by Crippen LogP contribution is 2.42. The van der Waals surface area contributed by atoms with Crippen LogP contribution in [0.2, 0.25) is 0 Å². The van der Waals surface area contributed by atoms with E-state index in [1.807, 2.05) is 41.8 Å². The summed E-state index contributed by atoms with van der Waals surface area (Å²) in [5, 5.41) is 14.3. The second-order valence-corrected chi connectivity index (χ2v) is 8.20. The first-order valence-corrected chi connectivity index (χ1v) is 10.3. The number of amides is 1. The number of ether oxygens (including phenoxy) is 1. The summed E-state index contributed by atoms with van der Waals surface area (Å²) in [4.78, 5) is 28.8. The Hall–Kier alpha value is -2.90. The zero-order valence-corrected chi connectivity index (χ0v) is 16.6. The monoisotopic (exact) mass is 411 g/mol. The first-order valence-electron chi connectivity index (χ1n) is 8.58. The van der Waals surface area contributed by atoms with Crippen molar-refractivity contribution in [2.75, 3.05) is 7.11 Å². The summed E-state index contributed by atoms with van der Waals surface area (Å²) in [5.41, 5.74) is 0.990. The zero-order valence-electron chi connectivity index (χ0n) is 15.0. The van der Waals surface area contributed by atoms with Gasteiger partial charge in [-0.05, 0) is 40.6 Å². The average Bonchev–Trinajstić information content (AvgIpc) is 3.46. The summed E-state index contributed by atoms with van der Waals surface area (Å²) in [6, 6.07) is 14.0. The van der Waals surface area contributed by atoms with Gasteiger partial charge in [0.15, 0.2) is 5.76 Å². The number of carbonyl (C=O) groups excluding carboxylic acids is 2. The Morgan fingerprint density at radius 1 is 1.14 bits per heavy atom. The number of rotatable bonds is 6. The van der Waals surface area contributed by atoms with Gasteiger partial charge in [-0.2, -0.15) is 0 Å². The van der Waals surface area contributed by atoms with Crippen LogP contribution < -0.4 is 4.74 Å². The van der Waals surface area contributed by atoms with Crippen LogP contribution in [0.3, 0.4) is 0 Å². The summed E-state index contributed by atoms with van der Waals surface area (Å²) in [7, 11) is 1.58. The van der Waals surface area contributed by atoms with E-state index in [1.54, 1.807) is 24.6 Å². The fourth-order valence-electron chi connectivity index (χ4n) is 3.30. The molecule has 2 aromatic heterocycles. The summed E-state index contributed by atoms with van der Waals surface area (Å²) < 4.78 is 5.26. The lowest BCUT2D eigenvalue weighted by molar-refractivity contribution is -0.130. The molecular weight excluding hydrogens is 394 g/mol. The van der Waals surface area contributed by atoms with E-state index >= 15 is 0 Å². The molecule has 4 rings (SSSR count). The topological polar surface area (TPSA) is 66.8 Å². The van der Waals surface area contributed by atoms with Gasteiger partial charge in [-0.25, -0.2) is 0 Å². The van der Waals surface area contributed by atoms with Crippen molar-refractivity contribution in [3.05, 3.63) is 85.9 Å². The zero-order chi connectivity index (χ0) is 19.7. The van der Waals surface area contributed by atoms with E-state index in [2.05, 4.69) is 0 Å². The minimum atomic E-state index is -0.617. The third kappa shape index (κ3) is 3.23. The smallest absolute Gasteiger partial charge is 0.290 e. The van der Waals surface area contributed by atoms with E-state index in [0.29, 0.717) is 10.6 Å². The Bertz CT molecular complexity index is 1040. The molecule has 1 aliphatic heterocycles. The predicted octanol–water partition coefficient (Wildman–Crippen LogP) is 4.60. The van der Waals surface area contributed by atoms with Gasteiger partial charge in [0.25, 0.3) is 5.91 Å². The fourth-order valence-corrected chi connectivity index (χ4v) is 4.82. The Balaban J connectivity index is 1.75. The lowest BCUT2D eigenvalue weighted by Gasteiger charge is -2.25. The predicted molar refractivity (Wildman–Crippen MR) is 109 cm³/mol. The van der Waals surface area contributed by atoms with Crippen LogP contribution in [-0.2, 0) is 11.3 Å². The molecule has 0 fully saturated rings. The maximum Gasteiger partial charge on any atom is 0.290 e. The third-order valence-electron chi connectivity index (χ3n) is 4.59. The maximum atomic E-state index is 13.1. The number of hydrogen-bond acceptors (Lipinski definition) is 6. The van der Waals surface area contributed by atoms with Crippen molar-refractivity contribution in [3.63, 3.8) is 0 Å². The second-order valence-electron chi connectivity index (χ2n) is 6.27. The van der Waals surface area contributed by atoms with E-state index in [4.69, 9.17) is 4.74 Å². The summed E-state index contributed by atoms with van der Waals surface area (Å²) in [6.07, 6.45) is 0. The molecule has 0 radical (unpaired) electrons. The molecule has 1 amide bonds. The maximum absolute atomic E-state index is 13.1. The van der Waals surface area contributed by atoms with E-state index in [-0.39, 0.29) is 17.9 Å². The molecule has 5 nitrogen and oxygen atoms in total. The van der Waals surface area contributed by atoms with E-state index in [1.165, 1.54) is 27.6 Å². The molecule has 142 valence electrons. The van der Waals surface area contributed by atoms with E-state index in [0.717, 1.165) is 10.4 Å². The van der Waals surface area contributed by atoms with Crippen LogP contribution in [0.15, 0.2) is 70.6 Å². The summed E-state index contributed by atoms with van der Waals surface area (Å²) >= 11 is 2.74. The van der Waals surface area contributed by atoms with Crippen molar-refractivity contribution >= 4 is 34.4 Å². The molecule has 0 spiro atoms. The van der Waals surface area contributed by atoms with Gasteiger partial charge < -0.3 is 14.7 Å². The summed E-state index contributed by atoms with van der Waals surface area (Å²) in [5.74, 6) is -0.642. The molecule has 1 N–H and O–H groups in total. The Morgan fingerprint density at radius 2 is 1.93 bits per heavy atom. The van der Waals surface area contributed by atoms with Gasteiger partial charge in [-0.1, -0.05) is 24.3 Å². The SMILES string of the molecule is COc1cccc(CN2C(=O)C(O)=C(C(=O)c3cccs3)C2c2cccs2)c1. The molecule has 0 aliphatic carbocycles. The van der Waals surface area contributed by atoms with Gasteiger partial charge in [0, 0.05) is 11.4 Å². The van der Waals surface area contributed by atoms with Crippen LogP contribution in [-0.4, -0.2) is 28.8 Å². The number of aliphatic hydroxyl groups excluding tert-OH is 1. The van der Waals surface area contributed by atoms with Gasteiger partial charge in [0.2, 0.25) is 5.78 Å². The van der Waals surface area contributed by atoms with Crippen LogP contribution in [0.25, 0.3) is 0 Å². The van der Waals surface area contributed by atoms with Crippen molar-refractivity contribution in [1.29, 1.82) is 0 Å². The average molecular weight is 412 g/mol. The molecule has 3 aromatic rings. The van der Waals surface area contributed by atoms with Crippen molar-refractivity contribution in [2.24, 2.45) is 0 Å². The number of aliphatic hydroxyl groups is 1. The van der Waals surface area contributed by atoms with Crippen LogP contribution in [0.1, 0.15) is 26.2 Å². The number of nitrogens with zero attached hydrogens (tertiary/aromatic N) is 1. The van der Waals surface area contributed by atoms with Crippen LogP contribution >= 0.6 is 22.7 Å². The number of ketones is 1. The molecule has 1 aliphatic rings. The van der Waals surface area contributed by atoms with Crippen LogP contribution in [0.4, 0.5) is 0 Å². The van der Waals surface area contributed by atoms with Crippen molar-refractivity contribution in [2.45, 2.75) is 12.6 Å². The molecular formula is C21H17NO4S2. The Labute approximate surface area is 170 Å². The minimum absolute atomic E-state index is 0.137. The first kappa shape index (κ1) is 18.5. The first-order chi connectivity index (χ1) is 13.6. The molecule has 0 bridgehead atoms. The Kier molecular flexibility index (Phi) is 5.02. The van der Waals surface area contributed by atoms with Gasteiger partial charge in [0.1, 0.15) is 11.8 Å². The number of benzene rings is 1. The van der Waals surface area contributed by atoms with Gasteiger partial charge in [0.05, 0.1) is 17.6 Å². The second kappa shape index (κ2) is 7.61. The van der Waals surface area contributed by atoms with Crippen LogP contribution in [0.5, 0.6) is 5.75 Å². The molecule has 1 aromatic carbocycles. The van der Waals surface area contributed by atoms with Crippen molar-refractivity contribution in [3.8, 4) is 5.75 Å². The molecule has 0 saturated carbocycles. The number of methoxy groups -OCH3 is 1. The van der Waals surface area contributed by atoms with Crippen molar-refractivity contribution < 1.29 is 19.4 Å². The van der Waals surface area contributed by atoms with Crippen molar-refractivity contribution in [1.82, 2.24) is 4.90 Å².